The third-order valence-corrected chi connectivity index (χ3v) is 6.90. The minimum absolute atomic E-state index is 0.0848. The molecular weight excluding hydrogens is 456 g/mol. The molecule has 1 saturated heterocycles. The highest BCUT2D eigenvalue weighted by atomic mass is 16.5. The standard InChI is InChI=1S/C27H32N6O3/c1-30(19-23-16-21-5-3-4-6-24(21)31(23)2)25(34)8-7-20-15-22-18-33(27(35)29-26(22)28-17-20)10-9-32-11-13-36-14-12-32/h3-8,15-17H,9-14,18-19H2,1-2H3,(H,28,29,35). The number of carbonyl (C=O) groups excluding carboxylic acids is 2. The molecule has 2 aliphatic rings. The van der Waals surface area contributed by atoms with Crippen molar-refractivity contribution in [1.82, 2.24) is 24.3 Å². The molecule has 188 valence electrons. The molecule has 0 spiro atoms. The second kappa shape index (κ2) is 10.5. The van der Waals surface area contributed by atoms with Gasteiger partial charge in [-0.15, -0.1) is 0 Å². The molecule has 1 fully saturated rings. The summed E-state index contributed by atoms with van der Waals surface area (Å²) in [4.78, 5) is 35.5. The van der Waals surface area contributed by atoms with Crippen molar-refractivity contribution in [2.75, 3.05) is 51.8 Å². The van der Waals surface area contributed by atoms with Crippen molar-refractivity contribution in [2.24, 2.45) is 7.05 Å². The number of rotatable bonds is 7. The number of carbonyl (C=O) groups is 2. The third kappa shape index (κ3) is 5.27. The van der Waals surface area contributed by atoms with Crippen molar-refractivity contribution in [3.63, 3.8) is 0 Å². The predicted octanol–water partition coefficient (Wildman–Crippen LogP) is 2.92. The molecule has 5 rings (SSSR count). The smallest absolute Gasteiger partial charge is 0.323 e. The second-order valence-corrected chi connectivity index (χ2v) is 9.36. The van der Waals surface area contributed by atoms with Crippen molar-refractivity contribution in [3.05, 3.63) is 65.5 Å². The predicted molar refractivity (Wildman–Crippen MR) is 139 cm³/mol. The van der Waals surface area contributed by atoms with Crippen molar-refractivity contribution in [2.45, 2.75) is 13.1 Å². The van der Waals surface area contributed by atoms with Gasteiger partial charge in [-0.2, -0.15) is 0 Å². The molecule has 0 saturated carbocycles. The molecule has 36 heavy (non-hydrogen) atoms. The van der Waals surface area contributed by atoms with Gasteiger partial charge in [0.2, 0.25) is 5.91 Å². The molecule has 3 aromatic rings. The Bertz CT molecular complexity index is 1290. The van der Waals surface area contributed by atoms with Crippen LogP contribution in [0.1, 0.15) is 16.8 Å². The first-order valence-corrected chi connectivity index (χ1v) is 12.3. The van der Waals surface area contributed by atoms with E-state index >= 15 is 0 Å². The maximum atomic E-state index is 12.8. The van der Waals surface area contributed by atoms with Crippen molar-refractivity contribution >= 4 is 34.7 Å². The summed E-state index contributed by atoms with van der Waals surface area (Å²) < 4.78 is 7.52. The van der Waals surface area contributed by atoms with Gasteiger partial charge in [0.1, 0.15) is 5.82 Å². The van der Waals surface area contributed by atoms with Crippen LogP contribution in [0.4, 0.5) is 10.6 Å². The molecule has 9 heteroatoms. The molecule has 3 amide bonds. The molecule has 0 aliphatic carbocycles. The number of urea groups is 1. The minimum Gasteiger partial charge on any atom is -0.379 e. The van der Waals surface area contributed by atoms with E-state index in [0.29, 0.717) is 25.5 Å². The normalized spacial score (nSPS) is 16.4. The minimum atomic E-state index is -0.128. The highest BCUT2D eigenvalue weighted by molar-refractivity contribution is 5.93. The topological polar surface area (TPSA) is 82.9 Å². The van der Waals surface area contributed by atoms with Crippen LogP contribution < -0.4 is 5.32 Å². The zero-order valence-electron chi connectivity index (χ0n) is 20.8. The van der Waals surface area contributed by atoms with E-state index in [-0.39, 0.29) is 11.9 Å². The Morgan fingerprint density at radius 3 is 2.81 bits per heavy atom. The molecular formula is C27H32N6O3. The van der Waals surface area contributed by atoms with Gasteiger partial charge in [-0.3, -0.25) is 15.0 Å². The van der Waals surface area contributed by atoms with Gasteiger partial charge in [0.05, 0.1) is 26.3 Å². The Balaban J connectivity index is 1.21. The fourth-order valence-corrected chi connectivity index (χ4v) is 4.69. The maximum Gasteiger partial charge on any atom is 0.323 e. The average Bonchev–Trinajstić information content (AvgIpc) is 3.21. The number of benzene rings is 1. The summed E-state index contributed by atoms with van der Waals surface area (Å²) >= 11 is 0. The molecule has 0 unspecified atom stereocenters. The molecule has 9 nitrogen and oxygen atoms in total. The number of aryl methyl sites for hydroxylation is 1. The quantitative estimate of drug-likeness (QED) is 0.517. The van der Waals surface area contributed by atoms with Crippen molar-refractivity contribution < 1.29 is 14.3 Å². The lowest BCUT2D eigenvalue weighted by atomic mass is 10.1. The van der Waals surface area contributed by atoms with Crippen LogP contribution in [0.5, 0.6) is 0 Å². The number of para-hydroxylation sites is 1. The lowest BCUT2D eigenvalue weighted by Crippen LogP contribution is -2.45. The Labute approximate surface area is 210 Å². The van der Waals surface area contributed by atoms with Gasteiger partial charge in [0, 0.05) is 69.3 Å². The number of anilines is 1. The third-order valence-electron chi connectivity index (χ3n) is 6.90. The number of ether oxygens (including phenoxy) is 1. The molecule has 2 aliphatic heterocycles. The lowest BCUT2D eigenvalue weighted by Gasteiger charge is -2.32. The largest absolute Gasteiger partial charge is 0.379 e. The van der Waals surface area contributed by atoms with Crippen LogP contribution in [0.3, 0.4) is 0 Å². The first kappa shape index (κ1) is 24.0. The number of nitrogens with zero attached hydrogens (tertiary/aromatic N) is 5. The second-order valence-electron chi connectivity index (χ2n) is 9.36. The molecule has 4 heterocycles. The van der Waals surface area contributed by atoms with Gasteiger partial charge < -0.3 is 19.1 Å². The maximum absolute atomic E-state index is 12.8. The van der Waals surface area contributed by atoms with Crippen LogP contribution in [0.2, 0.25) is 0 Å². The summed E-state index contributed by atoms with van der Waals surface area (Å²) in [5.74, 6) is 0.498. The number of aromatic nitrogens is 2. The molecule has 0 radical (unpaired) electrons. The number of nitrogens with one attached hydrogen (secondary N) is 1. The number of pyridine rings is 1. The number of likely N-dealkylation sites (N-methyl/N-ethyl adjacent to an activating group) is 1. The monoisotopic (exact) mass is 488 g/mol. The van der Waals surface area contributed by atoms with E-state index in [1.165, 1.54) is 0 Å². The molecule has 0 bridgehead atoms. The van der Waals surface area contributed by atoms with Crippen LogP contribution >= 0.6 is 0 Å². The SMILES string of the molecule is CN(Cc1cc2ccccc2n1C)C(=O)C=Cc1cnc2c(c1)CN(CCN1CCOCC1)C(=O)N2. The van der Waals surface area contributed by atoms with E-state index in [2.05, 4.69) is 38.0 Å². The number of amides is 3. The zero-order chi connectivity index (χ0) is 25.1. The summed E-state index contributed by atoms with van der Waals surface area (Å²) in [6.07, 6.45) is 5.03. The van der Waals surface area contributed by atoms with Gasteiger partial charge >= 0.3 is 6.03 Å². The van der Waals surface area contributed by atoms with E-state index in [9.17, 15) is 9.59 Å². The molecule has 2 aromatic heterocycles. The Morgan fingerprint density at radius 2 is 2.00 bits per heavy atom. The molecule has 0 atom stereocenters. The first-order chi connectivity index (χ1) is 17.5. The zero-order valence-corrected chi connectivity index (χ0v) is 20.8. The summed E-state index contributed by atoms with van der Waals surface area (Å²) in [6, 6.07) is 12.2. The van der Waals surface area contributed by atoms with Gasteiger partial charge in [-0.25, -0.2) is 9.78 Å². The van der Waals surface area contributed by atoms with Crippen LogP contribution in [-0.4, -0.2) is 82.6 Å². The van der Waals surface area contributed by atoms with E-state index in [1.54, 1.807) is 35.2 Å². The number of hydrogen-bond donors (Lipinski definition) is 1. The van der Waals surface area contributed by atoms with Gasteiger partial charge in [-0.05, 0) is 35.2 Å². The van der Waals surface area contributed by atoms with Crippen LogP contribution in [-0.2, 0) is 29.7 Å². The highest BCUT2D eigenvalue weighted by Crippen LogP contribution is 2.23. The Kier molecular flexibility index (Phi) is 7.02. The van der Waals surface area contributed by atoms with Crippen LogP contribution in [0.15, 0.2) is 48.7 Å². The first-order valence-electron chi connectivity index (χ1n) is 12.3. The van der Waals surface area contributed by atoms with E-state index < -0.39 is 0 Å². The highest BCUT2D eigenvalue weighted by Gasteiger charge is 2.24. The fraction of sp³-hybridized carbons (Fsp3) is 0.370. The lowest BCUT2D eigenvalue weighted by molar-refractivity contribution is -0.125. The average molecular weight is 489 g/mol. The van der Waals surface area contributed by atoms with E-state index in [0.717, 1.165) is 60.6 Å². The molecule has 1 aromatic carbocycles. The van der Waals surface area contributed by atoms with Crippen molar-refractivity contribution in [1.29, 1.82) is 0 Å². The number of morpholine rings is 1. The van der Waals surface area contributed by atoms with Crippen LogP contribution in [0.25, 0.3) is 17.0 Å². The summed E-state index contributed by atoms with van der Waals surface area (Å²) in [5.41, 5.74) is 3.98. The number of hydrogen-bond acceptors (Lipinski definition) is 5. The summed E-state index contributed by atoms with van der Waals surface area (Å²) in [6.45, 7) is 5.74. The van der Waals surface area contributed by atoms with Crippen molar-refractivity contribution in [3.8, 4) is 0 Å². The van der Waals surface area contributed by atoms with E-state index in [1.807, 2.05) is 25.2 Å². The Morgan fingerprint density at radius 1 is 1.19 bits per heavy atom. The van der Waals surface area contributed by atoms with Gasteiger partial charge in [0.15, 0.2) is 0 Å². The fourth-order valence-electron chi connectivity index (χ4n) is 4.69. The van der Waals surface area contributed by atoms with E-state index in [4.69, 9.17) is 4.74 Å². The molecule has 1 N–H and O–H groups in total. The van der Waals surface area contributed by atoms with Gasteiger partial charge in [-0.1, -0.05) is 18.2 Å². The Hall–Kier alpha value is -3.69. The summed E-state index contributed by atoms with van der Waals surface area (Å²) in [7, 11) is 3.82. The van der Waals surface area contributed by atoms with Crippen LogP contribution in [0, 0.1) is 0 Å². The number of fused-ring (bicyclic) bond motifs is 2. The summed E-state index contributed by atoms with van der Waals surface area (Å²) in [5, 5.41) is 4.05. The van der Waals surface area contributed by atoms with Gasteiger partial charge in [0.25, 0.3) is 0 Å².